The third kappa shape index (κ3) is 13.7. The lowest BCUT2D eigenvalue weighted by Crippen LogP contribution is -2.67. The Kier molecular flexibility index (Phi) is 21.4. The second kappa shape index (κ2) is 31.0. The first-order valence-electron chi connectivity index (χ1n) is 35.4. The predicted octanol–water partition coefficient (Wildman–Crippen LogP) is 9.36. The van der Waals surface area contributed by atoms with Crippen molar-refractivity contribution < 1.29 is 38.1 Å². The Morgan fingerprint density at radius 3 is 0.460 bits per heavy atom. The number of fused-ring (bicyclic) bond motifs is 8. The first kappa shape index (κ1) is 69.0. The zero-order valence-corrected chi connectivity index (χ0v) is 61.6. The molecule has 0 radical (unpaired) electrons. The van der Waals surface area contributed by atoms with E-state index in [9.17, 15) is 19.2 Å². The van der Waals surface area contributed by atoms with Crippen LogP contribution in [0.5, 0.6) is 23.0 Å². The van der Waals surface area contributed by atoms with E-state index in [1.165, 1.54) is 0 Å². The Bertz CT molecular complexity index is 3850. The Balaban J connectivity index is 1.21. The van der Waals surface area contributed by atoms with E-state index in [4.69, 9.17) is 18.9 Å². The van der Waals surface area contributed by atoms with Crippen molar-refractivity contribution in [3.8, 4) is 23.0 Å². The van der Waals surface area contributed by atoms with Crippen molar-refractivity contribution in [2.45, 2.75) is 79.1 Å². The molecule has 12 heteroatoms. The minimum Gasteiger partial charge on any atom is -0.493 e. The molecule has 0 amide bonds. The molecule has 4 N–H and O–H groups in total. The Labute approximate surface area is 594 Å². The molecule has 1 aliphatic carbocycles. The molecule has 0 aliphatic heterocycles. The molecule has 100 heavy (non-hydrogen) atoms. The van der Waals surface area contributed by atoms with Crippen LogP contribution in [-0.4, -0.2) is 78.9 Å². The minimum atomic E-state index is -3.93. The van der Waals surface area contributed by atoms with E-state index in [0.717, 1.165) is 132 Å². The smallest absolute Gasteiger partial charge is 0.285 e. The average Bonchev–Trinajstić information content (AvgIpc) is 0.752. The highest BCUT2D eigenvalue weighted by Crippen LogP contribution is 2.40. The Morgan fingerprint density at radius 1 is 0.210 bits per heavy atom. The summed E-state index contributed by atoms with van der Waals surface area (Å²) in [5.74, 6) is 2.74. The second-order valence-electron chi connectivity index (χ2n) is 26.4. The van der Waals surface area contributed by atoms with Gasteiger partial charge >= 0.3 is 0 Å². The van der Waals surface area contributed by atoms with Gasteiger partial charge in [0.25, 0.3) is 33.3 Å². The summed E-state index contributed by atoms with van der Waals surface area (Å²) in [7, 11) is -15.7. The van der Waals surface area contributed by atoms with Gasteiger partial charge in [-0.3, -0.25) is 0 Å². The van der Waals surface area contributed by atoms with Gasteiger partial charge in [0, 0.05) is 25.7 Å². The highest BCUT2D eigenvalue weighted by Gasteiger charge is 2.45. The van der Waals surface area contributed by atoms with Gasteiger partial charge in [-0.2, -0.15) is 0 Å². The number of benzene rings is 12. The van der Waals surface area contributed by atoms with Gasteiger partial charge < -0.3 is 38.1 Å². The van der Waals surface area contributed by atoms with E-state index in [2.05, 4.69) is 173 Å². The van der Waals surface area contributed by atoms with E-state index >= 15 is 0 Å². The van der Waals surface area contributed by atoms with Gasteiger partial charge in [0.15, 0.2) is 0 Å². The molecule has 0 spiro atoms. The van der Waals surface area contributed by atoms with Gasteiger partial charge in [0.1, 0.15) is 23.0 Å². The first-order valence-corrected chi connectivity index (χ1v) is 43.2. The lowest BCUT2D eigenvalue weighted by Gasteiger charge is -2.32. The quantitative estimate of drug-likeness (QED) is 0.0350. The molecule has 504 valence electrons. The van der Waals surface area contributed by atoms with Crippen LogP contribution in [0.15, 0.2) is 291 Å². The largest absolute Gasteiger partial charge is 0.493 e. The topological polar surface area (TPSA) is 118 Å². The number of ether oxygens (including phenoxy) is 4. The summed E-state index contributed by atoms with van der Waals surface area (Å²) < 4.78 is 29.4. The van der Waals surface area contributed by atoms with Gasteiger partial charge in [-0.15, -0.1) is 0 Å². The average molecular weight is 1390 g/mol. The van der Waals surface area contributed by atoms with E-state index in [1.807, 2.05) is 146 Å². The highest BCUT2D eigenvalue weighted by molar-refractivity contribution is 7.08. The number of rotatable bonds is 24. The van der Waals surface area contributed by atoms with E-state index in [1.54, 1.807) is 0 Å². The molecule has 0 saturated carbocycles. The lowest BCUT2D eigenvalue weighted by molar-refractivity contribution is 0.305. The summed E-state index contributed by atoms with van der Waals surface area (Å²) in [4.78, 5) is 57.5. The normalized spacial score (nSPS) is 12.6. The zero-order chi connectivity index (χ0) is 69.1. The minimum absolute atomic E-state index is 0.264. The summed E-state index contributed by atoms with van der Waals surface area (Å²) in [6.07, 6.45) is 3.93. The third-order valence-corrected chi connectivity index (χ3v) is 33.3. The summed E-state index contributed by atoms with van der Waals surface area (Å²) >= 11 is 0. The van der Waals surface area contributed by atoms with Crippen molar-refractivity contribution in [2.24, 2.45) is 0 Å². The van der Waals surface area contributed by atoms with E-state index < -0.39 is 33.3 Å². The number of hydrogen-bond donors (Lipinski definition) is 4. The van der Waals surface area contributed by atoms with Gasteiger partial charge in [0.2, 0.25) is 0 Å². The summed E-state index contributed by atoms with van der Waals surface area (Å²) in [5.41, 5.74) is 6.70. The van der Waals surface area contributed by atoms with Crippen LogP contribution in [0, 0.1) is 0 Å². The van der Waals surface area contributed by atoms with Crippen LogP contribution in [0.2, 0.25) is 0 Å². The van der Waals surface area contributed by atoms with E-state index in [-0.39, 0.29) is 25.7 Å². The van der Waals surface area contributed by atoms with Gasteiger partial charge in [-0.1, -0.05) is 319 Å². The van der Waals surface area contributed by atoms with Gasteiger partial charge in [0.05, 0.1) is 26.4 Å². The molecule has 0 saturated heterocycles. The molecule has 1 aliphatic rings. The van der Waals surface area contributed by atoms with Crippen molar-refractivity contribution in [3.05, 3.63) is 336 Å². The molecule has 0 aromatic heterocycles. The van der Waals surface area contributed by atoms with Crippen LogP contribution in [0.25, 0.3) is 0 Å². The van der Waals surface area contributed by atoms with Crippen LogP contribution < -0.4 is 81.2 Å². The maximum Gasteiger partial charge on any atom is 0.285 e. The van der Waals surface area contributed by atoms with Crippen molar-refractivity contribution in [1.82, 2.24) is 0 Å². The molecular weight excluding hydrogens is 1300 g/mol. The maximum atomic E-state index is 14.4. The monoisotopic (exact) mass is 1380 g/mol. The molecule has 12 aromatic carbocycles. The van der Waals surface area contributed by atoms with Crippen LogP contribution >= 0.6 is 0 Å². The van der Waals surface area contributed by atoms with Crippen molar-refractivity contribution in [1.29, 1.82) is 0 Å². The fourth-order valence-electron chi connectivity index (χ4n) is 14.7. The molecule has 0 atom stereocenters. The van der Waals surface area contributed by atoms with Crippen molar-refractivity contribution in [3.63, 3.8) is 0 Å². The fraction of sp³-hybridized carbons (Fsp3) is 0.182. The Morgan fingerprint density at radius 2 is 0.340 bits per heavy atom. The van der Waals surface area contributed by atoms with Crippen molar-refractivity contribution in [2.75, 3.05) is 26.4 Å². The molecule has 12 aromatic rings. The molecule has 0 heterocycles. The van der Waals surface area contributed by atoms with Crippen LogP contribution in [0.3, 0.4) is 0 Å². The number of hydrogen-bond acceptors (Lipinski definition) is 8. The predicted molar refractivity (Wildman–Crippen MR) is 419 cm³/mol. The molecule has 0 unspecified atom stereocenters. The maximum absolute atomic E-state index is 14.4. The van der Waals surface area contributed by atoms with Crippen LogP contribution in [0.4, 0.5) is 0 Å². The van der Waals surface area contributed by atoms with Crippen LogP contribution in [-0.2, 0) is 25.7 Å². The molecule has 8 nitrogen and oxygen atoms in total. The van der Waals surface area contributed by atoms with Gasteiger partial charge in [-0.05, 0) is 132 Å². The lowest BCUT2D eigenvalue weighted by atomic mass is 9.91. The highest BCUT2D eigenvalue weighted by atomic mass is 28.4. The Hall–Kier alpha value is -9.45. The SMILES string of the molecule is CCCOc1c2cc([Si](O)(c3ccccc3)c3ccccc3)cc1Cc1cc([Si](O)(c3ccccc3)c3ccccc3)cc(c1OCCC)Cc1cc([Si](O)(c3ccccc3)c3ccccc3)cc(c1OCCC)Cc1cc([Si](O)(c3ccccc3)c3ccccc3)cc(c1OCCC)C2. The molecule has 13 rings (SSSR count). The standard InChI is InChI=1S/C88H88O8Si4/c1-5-49-93-85-65-53-67-59-82(98(90,75-37-21-11-22-38-75)76-39-23-12-24-40-76)61-69(86(67)94-50-6-2)55-71-63-84(100(92,79-45-29-15-30-46-79)80-47-31-16-32-48-80)64-72(88(71)96-52-8-4)56-70-62-83(99(91,77-41-25-13-26-42-77)78-43-27-14-28-44-78)60-68(87(70)95-51-7-3)54-66(85)58-81(57-65)97(89,73-33-17-9-18-34-73)74-35-19-10-20-36-74/h9-48,57-64,89-92H,5-8,49-56H2,1-4H3. The summed E-state index contributed by atoms with van der Waals surface area (Å²) in [5, 5.41) is 9.71. The third-order valence-electron chi connectivity index (χ3n) is 19.5. The molecule has 0 fully saturated rings. The first-order chi connectivity index (χ1) is 48.9. The summed E-state index contributed by atoms with van der Waals surface area (Å²) in [6.45, 7) is 10.1. The second-order valence-corrected chi connectivity index (χ2v) is 39.0. The van der Waals surface area contributed by atoms with Crippen molar-refractivity contribution >= 4 is 95.5 Å². The van der Waals surface area contributed by atoms with Crippen LogP contribution in [0.1, 0.15) is 97.9 Å². The van der Waals surface area contributed by atoms with Gasteiger partial charge in [-0.25, -0.2) is 0 Å². The zero-order valence-electron chi connectivity index (χ0n) is 57.6. The summed E-state index contributed by atoms with van der Waals surface area (Å²) in [6, 6.07) is 98.4. The molecular formula is C88H88O8Si4. The van der Waals surface area contributed by atoms with E-state index in [0.29, 0.717) is 49.4 Å². The molecule has 8 bridgehead atoms. The fourth-order valence-corrected chi connectivity index (χ4v) is 27.2.